The molecule has 3 aromatic rings. The molecule has 0 aliphatic carbocycles. The fourth-order valence-electron chi connectivity index (χ4n) is 2.97. The summed E-state index contributed by atoms with van der Waals surface area (Å²) in [5.74, 6) is -1.59. The lowest BCUT2D eigenvalue weighted by Gasteiger charge is -2.14. The van der Waals surface area contributed by atoms with Gasteiger partial charge in [0.15, 0.2) is 5.16 Å². The second-order valence-corrected chi connectivity index (χ2v) is 8.34. The number of thioether (sulfide) groups is 2. The number of methoxy groups -OCH3 is 2. The maximum absolute atomic E-state index is 13.0. The van der Waals surface area contributed by atoms with Crippen LogP contribution in [0.3, 0.4) is 0 Å². The second-order valence-electron chi connectivity index (χ2n) is 6.37. The van der Waals surface area contributed by atoms with Crippen molar-refractivity contribution in [3.8, 4) is 5.75 Å². The predicted molar refractivity (Wildman–Crippen MR) is 117 cm³/mol. The molecule has 0 saturated heterocycles. The summed E-state index contributed by atoms with van der Waals surface area (Å²) in [6.07, 6.45) is 0.692. The standard InChI is InChI=1S/C21H22F2N2O3S2/c1-27-11-5-10-25-19(26)15-6-3-4-7-16(15)24-21(25)29-13-14-8-9-18(30-20(22)23)17(12-14)28-2/h3-4,6-9,12,20H,5,10-11,13H2,1-2H3. The number of halogens is 2. The van der Waals surface area contributed by atoms with E-state index in [1.807, 2.05) is 18.2 Å². The van der Waals surface area contributed by atoms with Gasteiger partial charge in [-0.3, -0.25) is 9.36 Å². The largest absolute Gasteiger partial charge is 0.496 e. The van der Waals surface area contributed by atoms with Gasteiger partial charge in [-0.15, -0.1) is 0 Å². The Hall–Kier alpha value is -2.10. The molecule has 0 radical (unpaired) electrons. The zero-order chi connectivity index (χ0) is 21.5. The van der Waals surface area contributed by atoms with Gasteiger partial charge in [-0.2, -0.15) is 8.78 Å². The molecule has 9 heteroatoms. The summed E-state index contributed by atoms with van der Waals surface area (Å²) in [5.41, 5.74) is 1.45. The third kappa shape index (κ3) is 5.53. The van der Waals surface area contributed by atoms with Crippen LogP contribution in [-0.4, -0.2) is 36.1 Å². The molecule has 0 atom stereocenters. The van der Waals surface area contributed by atoms with E-state index in [4.69, 9.17) is 9.47 Å². The molecule has 5 nitrogen and oxygen atoms in total. The summed E-state index contributed by atoms with van der Waals surface area (Å²) >= 11 is 1.88. The zero-order valence-electron chi connectivity index (χ0n) is 16.6. The normalized spacial score (nSPS) is 11.4. The van der Waals surface area contributed by atoms with Crippen molar-refractivity contribution in [1.29, 1.82) is 0 Å². The van der Waals surface area contributed by atoms with Crippen molar-refractivity contribution in [2.75, 3.05) is 20.8 Å². The maximum Gasteiger partial charge on any atom is 0.289 e. The number of benzene rings is 2. The number of para-hydroxylation sites is 1. The number of ether oxygens (including phenoxy) is 2. The Kier molecular flexibility index (Phi) is 8.12. The summed E-state index contributed by atoms with van der Waals surface area (Å²) in [7, 11) is 3.08. The molecule has 0 bridgehead atoms. The van der Waals surface area contributed by atoms with Gasteiger partial charge in [-0.1, -0.05) is 41.7 Å². The fraction of sp³-hybridized carbons (Fsp3) is 0.333. The van der Waals surface area contributed by atoms with Crippen molar-refractivity contribution < 1.29 is 18.3 Å². The van der Waals surface area contributed by atoms with Gasteiger partial charge in [0.25, 0.3) is 11.3 Å². The Labute approximate surface area is 181 Å². The van der Waals surface area contributed by atoms with Crippen LogP contribution in [0.25, 0.3) is 10.9 Å². The first-order valence-electron chi connectivity index (χ1n) is 9.26. The van der Waals surface area contributed by atoms with Crippen LogP contribution in [0.2, 0.25) is 0 Å². The first-order chi connectivity index (χ1) is 14.5. The van der Waals surface area contributed by atoms with Gasteiger partial charge >= 0.3 is 0 Å². The van der Waals surface area contributed by atoms with Crippen molar-refractivity contribution in [2.45, 2.75) is 34.5 Å². The minimum atomic E-state index is -2.51. The van der Waals surface area contributed by atoms with Crippen molar-refractivity contribution in [2.24, 2.45) is 0 Å². The summed E-state index contributed by atoms with van der Waals surface area (Å²) in [5, 5.41) is 1.19. The van der Waals surface area contributed by atoms with Crippen LogP contribution < -0.4 is 10.3 Å². The van der Waals surface area contributed by atoms with Gasteiger partial charge in [0.1, 0.15) is 5.75 Å². The van der Waals surface area contributed by atoms with Crippen LogP contribution >= 0.6 is 23.5 Å². The highest BCUT2D eigenvalue weighted by atomic mass is 32.2. The number of alkyl halides is 2. The molecule has 1 aromatic heterocycles. The van der Waals surface area contributed by atoms with Gasteiger partial charge < -0.3 is 9.47 Å². The molecule has 3 rings (SSSR count). The molecule has 30 heavy (non-hydrogen) atoms. The second kappa shape index (κ2) is 10.8. The van der Waals surface area contributed by atoms with Crippen LogP contribution in [0.15, 0.2) is 57.3 Å². The monoisotopic (exact) mass is 452 g/mol. The van der Waals surface area contributed by atoms with E-state index in [0.29, 0.717) is 63.8 Å². The molecule has 0 spiro atoms. The zero-order valence-corrected chi connectivity index (χ0v) is 18.3. The molecule has 0 aliphatic heterocycles. The highest BCUT2D eigenvalue weighted by molar-refractivity contribution is 7.99. The van der Waals surface area contributed by atoms with Crippen molar-refractivity contribution in [1.82, 2.24) is 9.55 Å². The van der Waals surface area contributed by atoms with E-state index in [-0.39, 0.29) is 5.56 Å². The van der Waals surface area contributed by atoms with Gasteiger partial charge in [0, 0.05) is 26.0 Å². The van der Waals surface area contributed by atoms with E-state index in [1.165, 1.54) is 18.9 Å². The average Bonchev–Trinajstić information content (AvgIpc) is 2.74. The predicted octanol–water partition coefficient (Wildman–Crippen LogP) is 5.05. The topological polar surface area (TPSA) is 53.4 Å². The molecule has 0 N–H and O–H groups in total. The van der Waals surface area contributed by atoms with E-state index in [0.717, 1.165) is 5.56 Å². The average molecular weight is 453 g/mol. The molecule has 1 heterocycles. The molecule has 0 aliphatic rings. The quantitative estimate of drug-likeness (QED) is 0.244. The smallest absolute Gasteiger partial charge is 0.289 e. The van der Waals surface area contributed by atoms with Crippen LogP contribution in [-0.2, 0) is 17.0 Å². The number of nitrogens with zero attached hydrogens (tertiary/aromatic N) is 2. The minimum Gasteiger partial charge on any atom is -0.496 e. The van der Waals surface area contributed by atoms with Crippen LogP contribution in [0.1, 0.15) is 12.0 Å². The number of aromatic nitrogens is 2. The summed E-state index contributed by atoms with van der Waals surface area (Å²) in [4.78, 5) is 18.0. The van der Waals surface area contributed by atoms with Crippen LogP contribution in [0, 0.1) is 0 Å². The Bertz CT molecular complexity index is 1060. The molecule has 2 aromatic carbocycles. The van der Waals surface area contributed by atoms with E-state index in [1.54, 1.807) is 35.9 Å². The first kappa shape index (κ1) is 22.6. The van der Waals surface area contributed by atoms with Crippen molar-refractivity contribution in [3.05, 3.63) is 58.4 Å². The summed E-state index contributed by atoms with van der Waals surface area (Å²) in [6, 6.07) is 12.4. The molecule has 0 unspecified atom stereocenters. The number of fused-ring (bicyclic) bond motifs is 1. The minimum absolute atomic E-state index is 0.0829. The molecule has 0 amide bonds. The van der Waals surface area contributed by atoms with E-state index in [9.17, 15) is 13.6 Å². The lowest BCUT2D eigenvalue weighted by Crippen LogP contribution is -2.24. The van der Waals surface area contributed by atoms with E-state index in [2.05, 4.69) is 4.98 Å². The van der Waals surface area contributed by atoms with Gasteiger partial charge in [0.2, 0.25) is 0 Å². The SMILES string of the molecule is COCCCn1c(SCc2ccc(SC(F)F)c(OC)c2)nc2ccccc2c1=O. The third-order valence-corrected chi connectivity index (χ3v) is 6.19. The number of rotatable bonds is 10. The molecular weight excluding hydrogens is 430 g/mol. The Morgan fingerprint density at radius 1 is 1.17 bits per heavy atom. The molecule has 0 fully saturated rings. The van der Waals surface area contributed by atoms with Gasteiger partial charge in [-0.25, -0.2) is 4.98 Å². The Morgan fingerprint density at radius 3 is 2.70 bits per heavy atom. The van der Waals surface area contributed by atoms with E-state index < -0.39 is 5.76 Å². The van der Waals surface area contributed by atoms with Crippen molar-refractivity contribution >= 4 is 34.4 Å². The highest BCUT2D eigenvalue weighted by Crippen LogP contribution is 2.35. The summed E-state index contributed by atoms with van der Waals surface area (Å²) in [6.45, 7) is 1.05. The molecule has 160 valence electrons. The van der Waals surface area contributed by atoms with Crippen LogP contribution in [0.5, 0.6) is 5.75 Å². The number of hydrogen-bond acceptors (Lipinski definition) is 6. The molecular formula is C21H22F2N2O3S2. The molecule has 0 saturated carbocycles. The van der Waals surface area contributed by atoms with Crippen molar-refractivity contribution in [3.63, 3.8) is 0 Å². The lowest BCUT2D eigenvalue weighted by atomic mass is 10.2. The third-order valence-electron chi connectivity index (χ3n) is 4.37. The number of hydrogen-bond donors (Lipinski definition) is 0. The van der Waals surface area contributed by atoms with E-state index >= 15 is 0 Å². The summed E-state index contributed by atoms with van der Waals surface area (Å²) < 4.78 is 37.4. The van der Waals surface area contributed by atoms with Gasteiger partial charge in [-0.05, 0) is 36.2 Å². The van der Waals surface area contributed by atoms with Gasteiger partial charge in [0.05, 0.1) is 22.9 Å². The van der Waals surface area contributed by atoms with Crippen LogP contribution in [0.4, 0.5) is 8.78 Å². The maximum atomic E-state index is 13.0. The Morgan fingerprint density at radius 2 is 1.97 bits per heavy atom. The lowest BCUT2D eigenvalue weighted by molar-refractivity contribution is 0.189. The Balaban J connectivity index is 1.87. The fourth-order valence-corrected chi connectivity index (χ4v) is 4.53. The first-order valence-corrected chi connectivity index (χ1v) is 11.1. The highest BCUT2D eigenvalue weighted by Gasteiger charge is 2.14.